The Morgan fingerprint density at radius 1 is 0.483 bits per heavy atom. The quantitative estimate of drug-likeness (QED) is 0.208. The van der Waals surface area contributed by atoms with E-state index in [2.05, 4.69) is 9.24 Å². The molecule has 0 bridgehead atoms. The van der Waals surface area contributed by atoms with Crippen LogP contribution in [-0.4, -0.2) is 12.6 Å². The fourth-order valence-electron chi connectivity index (χ4n) is 1.92. The Bertz CT molecular complexity index is 771. The molecule has 0 saturated carbocycles. The first-order chi connectivity index (χ1) is 13.4. The van der Waals surface area contributed by atoms with E-state index in [1.54, 1.807) is 0 Å². The second-order valence-corrected chi connectivity index (χ2v) is 5.79. The van der Waals surface area contributed by atoms with Crippen LogP contribution in [0.25, 0.3) is 11.1 Å². The summed E-state index contributed by atoms with van der Waals surface area (Å²) in [6, 6.07) is 0. The summed E-state index contributed by atoms with van der Waals surface area (Å²) < 4.78 is 154. The molecule has 0 amide bonds. The highest BCUT2D eigenvalue weighted by molar-refractivity contribution is 7.16. The topological polar surface area (TPSA) is 0 Å². The maximum absolute atomic E-state index is 13.4. The molecule has 0 spiro atoms. The van der Waals surface area contributed by atoms with Crippen molar-refractivity contribution in [2.45, 2.75) is 19.3 Å². The third-order valence-corrected chi connectivity index (χ3v) is 3.70. The average molecular weight is 460 g/mol. The molecule has 0 radical (unpaired) electrons. The zero-order chi connectivity index (χ0) is 22.6. The Morgan fingerprint density at radius 2 is 0.724 bits per heavy atom. The summed E-state index contributed by atoms with van der Waals surface area (Å²) in [6.07, 6.45) is -0.670. The van der Waals surface area contributed by atoms with E-state index in [4.69, 9.17) is 0 Å². The lowest BCUT2D eigenvalue weighted by atomic mass is 10.0. The summed E-state index contributed by atoms with van der Waals surface area (Å²) in [5.41, 5.74) is -4.52. The molecule has 1 unspecified atom stereocenters. The van der Waals surface area contributed by atoms with Gasteiger partial charge in [0.05, 0.1) is 11.1 Å². The van der Waals surface area contributed by atoms with Gasteiger partial charge in [-0.15, -0.1) is 9.24 Å². The fourth-order valence-corrected chi connectivity index (χ4v) is 2.16. The Balaban J connectivity index is 0.000000516. The van der Waals surface area contributed by atoms with Crippen molar-refractivity contribution in [2.75, 3.05) is 6.16 Å². The van der Waals surface area contributed by atoms with Crippen molar-refractivity contribution in [1.29, 1.82) is 0 Å². The second kappa shape index (κ2) is 10.2. The summed E-state index contributed by atoms with van der Waals surface area (Å²) in [6.45, 7) is 0. The Kier molecular flexibility index (Phi) is 8.80. The Hall–Kier alpha value is -1.97. The van der Waals surface area contributed by atoms with E-state index in [-0.39, 0.29) is 6.42 Å². The number of alkyl halides is 2. The summed E-state index contributed by atoms with van der Waals surface area (Å²) in [5, 5.41) is 0. The van der Waals surface area contributed by atoms with Crippen molar-refractivity contribution >= 4 is 9.24 Å². The number of hydrogen-bond donors (Lipinski definition) is 0. The normalized spacial score (nSPS) is 11.0. The zero-order valence-electron chi connectivity index (χ0n) is 13.8. The molecular formula is C16H9F12P. The maximum atomic E-state index is 13.4. The van der Waals surface area contributed by atoms with Gasteiger partial charge >= 0.3 is 0 Å². The van der Waals surface area contributed by atoms with E-state index in [0.29, 0.717) is 6.42 Å². The first-order valence-corrected chi connectivity index (χ1v) is 8.21. The monoisotopic (exact) mass is 460 g/mol. The van der Waals surface area contributed by atoms with Gasteiger partial charge < -0.3 is 0 Å². The molecule has 2 rings (SSSR count). The van der Waals surface area contributed by atoms with Crippen LogP contribution >= 0.6 is 9.24 Å². The van der Waals surface area contributed by atoms with Crippen LogP contribution in [0.3, 0.4) is 0 Å². The Morgan fingerprint density at radius 3 is 0.897 bits per heavy atom. The highest BCUT2D eigenvalue weighted by atomic mass is 31.0. The molecule has 0 aromatic heterocycles. The number of halogens is 12. The van der Waals surface area contributed by atoms with Crippen LogP contribution in [0.2, 0.25) is 0 Å². The number of rotatable bonds is 4. The molecular weight excluding hydrogens is 451 g/mol. The molecule has 0 N–H and O–H groups in total. The minimum atomic E-state index is -2.68. The van der Waals surface area contributed by atoms with Gasteiger partial charge in [-0.25, -0.2) is 52.7 Å². The molecule has 162 valence electrons. The van der Waals surface area contributed by atoms with Crippen molar-refractivity contribution in [3.05, 3.63) is 58.2 Å². The maximum Gasteiger partial charge on any atom is 0.238 e. The molecule has 0 aliphatic rings. The number of hydrogen-bond acceptors (Lipinski definition) is 0. The van der Waals surface area contributed by atoms with E-state index in [1.807, 2.05) is 0 Å². The molecule has 0 saturated heterocycles. The molecule has 29 heavy (non-hydrogen) atoms. The van der Waals surface area contributed by atoms with Crippen molar-refractivity contribution in [3.63, 3.8) is 0 Å². The van der Waals surface area contributed by atoms with Gasteiger partial charge in [-0.3, -0.25) is 0 Å². The van der Waals surface area contributed by atoms with Crippen LogP contribution in [-0.2, 0) is 0 Å². The van der Waals surface area contributed by atoms with Crippen LogP contribution in [0, 0.1) is 58.2 Å². The van der Waals surface area contributed by atoms with Gasteiger partial charge in [0.2, 0.25) is 18.1 Å². The SMILES string of the molecule is FC(F)CCCP.Fc1c(F)c(F)c(-c2c(F)c(F)c(F)c(F)c2F)c(F)c1F. The largest absolute Gasteiger partial charge is 0.238 e. The van der Waals surface area contributed by atoms with E-state index in [0.717, 1.165) is 6.16 Å². The minimum absolute atomic E-state index is 0.0451. The lowest BCUT2D eigenvalue weighted by Crippen LogP contribution is -2.10. The molecule has 0 heterocycles. The standard InChI is InChI=1S/C12F10.C4H9F2P/c13-3-1(4(14)8(18)11(21)7(3)17)2-5(15)9(19)12(22)10(20)6(2)16;5-4(6)2-1-3-7/h;4H,1-3,7H2. The van der Waals surface area contributed by atoms with Gasteiger partial charge in [-0.2, -0.15) is 0 Å². The predicted octanol–water partition coefficient (Wildman–Crippen LogP) is 6.65. The summed E-state index contributed by atoms with van der Waals surface area (Å²) >= 11 is 0. The third-order valence-electron chi connectivity index (χ3n) is 3.30. The summed E-state index contributed by atoms with van der Waals surface area (Å²) in [4.78, 5) is 0. The highest BCUT2D eigenvalue weighted by Gasteiger charge is 2.34. The molecule has 2 aromatic rings. The van der Waals surface area contributed by atoms with Gasteiger partial charge in [-0.1, -0.05) is 0 Å². The molecule has 0 nitrogen and oxygen atoms in total. The average Bonchev–Trinajstić information content (AvgIpc) is 2.69. The van der Waals surface area contributed by atoms with E-state index in [9.17, 15) is 52.7 Å². The van der Waals surface area contributed by atoms with Crippen molar-refractivity contribution < 1.29 is 52.7 Å². The van der Waals surface area contributed by atoms with Crippen molar-refractivity contribution in [2.24, 2.45) is 0 Å². The lowest BCUT2D eigenvalue weighted by Gasteiger charge is -2.11. The molecule has 2 aromatic carbocycles. The Labute approximate surface area is 157 Å². The second-order valence-electron chi connectivity index (χ2n) is 5.21. The molecule has 1 atom stereocenters. The predicted molar refractivity (Wildman–Crippen MR) is 81.3 cm³/mol. The zero-order valence-corrected chi connectivity index (χ0v) is 15.0. The van der Waals surface area contributed by atoms with Crippen LogP contribution in [0.15, 0.2) is 0 Å². The number of benzene rings is 2. The van der Waals surface area contributed by atoms with Crippen LogP contribution in [0.4, 0.5) is 52.7 Å². The van der Waals surface area contributed by atoms with Crippen LogP contribution < -0.4 is 0 Å². The third kappa shape index (κ3) is 5.15. The van der Waals surface area contributed by atoms with Crippen LogP contribution in [0.1, 0.15) is 12.8 Å². The molecule has 0 fully saturated rings. The fraction of sp³-hybridized carbons (Fsp3) is 0.250. The van der Waals surface area contributed by atoms with Gasteiger partial charge in [0, 0.05) is 6.42 Å². The lowest BCUT2D eigenvalue weighted by molar-refractivity contribution is 0.137. The van der Waals surface area contributed by atoms with E-state index < -0.39 is 75.7 Å². The van der Waals surface area contributed by atoms with Crippen molar-refractivity contribution in [1.82, 2.24) is 0 Å². The van der Waals surface area contributed by atoms with Crippen LogP contribution in [0.5, 0.6) is 0 Å². The first kappa shape index (κ1) is 25.1. The molecule has 13 heteroatoms. The summed E-state index contributed by atoms with van der Waals surface area (Å²) in [5.74, 6) is -26.6. The van der Waals surface area contributed by atoms with Crippen molar-refractivity contribution in [3.8, 4) is 11.1 Å². The van der Waals surface area contributed by atoms with Gasteiger partial charge in [-0.05, 0) is 12.6 Å². The van der Waals surface area contributed by atoms with Gasteiger partial charge in [0.25, 0.3) is 0 Å². The van der Waals surface area contributed by atoms with Gasteiger partial charge in [0.1, 0.15) is 0 Å². The molecule has 0 aliphatic heterocycles. The molecule has 0 aliphatic carbocycles. The van der Waals surface area contributed by atoms with E-state index in [1.165, 1.54) is 0 Å². The summed E-state index contributed by atoms with van der Waals surface area (Å²) in [7, 11) is 2.41. The highest BCUT2D eigenvalue weighted by Crippen LogP contribution is 2.37. The first-order valence-electron chi connectivity index (χ1n) is 7.39. The van der Waals surface area contributed by atoms with Gasteiger partial charge in [0.15, 0.2) is 46.5 Å². The smallest absolute Gasteiger partial charge is 0.211 e. The minimum Gasteiger partial charge on any atom is -0.211 e. The van der Waals surface area contributed by atoms with E-state index >= 15 is 0 Å².